The Morgan fingerprint density at radius 2 is 2.09 bits per heavy atom. The van der Waals surface area contributed by atoms with Gasteiger partial charge in [0.15, 0.2) is 0 Å². The summed E-state index contributed by atoms with van der Waals surface area (Å²) in [6.07, 6.45) is 10.1. The van der Waals surface area contributed by atoms with Crippen molar-refractivity contribution >= 4 is 11.9 Å². The Kier molecular flexibility index (Phi) is 6.39. The van der Waals surface area contributed by atoms with Crippen LogP contribution in [0, 0.1) is 0 Å². The zero-order chi connectivity index (χ0) is 16.7. The first kappa shape index (κ1) is 17.3. The summed E-state index contributed by atoms with van der Waals surface area (Å²) in [5.74, 6) is -0.694. The van der Waals surface area contributed by atoms with E-state index in [2.05, 4.69) is 19.1 Å². The van der Waals surface area contributed by atoms with Crippen LogP contribution < -0.4 is 0 Å². The second kappa shape index (κ2) is 8.51. The predicted molar refractivity (Wildman–Crippen MR) is 90.5 cm³/mol. The van der Waals surface area contributed by atoms with Gasteiger partial charge in [0.05, 0.1) is 11.6 Å². The summed E-state index contributed by atoms with van der Waals surface area (Å²) >= 11 is 0. The van der Waals surface area contributed by atoms with Gasteiger partial charge in [0.2, 0.25) is 5.91 Å². The molecule has 1 aromatic carbocycles. The van der Waals surface area contributed by atoms with E-state index < -0.39 is 5.97 Å². The van der Waals surface area contributed by atoms with Crippen LogP contribution in [0.15, 0.2) is 36.4 Å². The molecule has 0 spiro atoms. The van der Waals surface area contributed by atoms with E-state index in [1.807, 2.05) is 17.0 Å². The fourth-order valence-electron chi connectivity index (χ4n) is 2.89. The van der Waals surface area contributed by atoms with Gasteiger partial charge in [0, 0.05) is 13.0 Å². The van der Waals surface area contributed by atoms with Crippen molar-refractivity contribution in [2.24, 2.45) is 0 Å². The maximum atomic E-state index is 12.1. The molecule has 0 aromatic heterocycles. The van der Waals surface area contributed by atoms with Gasteiger partial charge in [-0.1, -0.05) is 44.1 Å². The van der Waals surface area contributed by atoms with Gasteiger partial charge in [-0.05, 0) is 37.0 Å². The molecule has 0 radical (unpaired) electrons. The Bertz CT molecular complexity index is 562. The van der Waals surface area contributed by atoms with Crippen LogP contribution >= 0.6 is 0 Å². The lowest BCUT2D eigenvalue weighted by Gasteiger charge is -2.22. The van der Waals surface area contributed by atoms with Crippen molar-refractivity contribution in [3.8, 4) is 0 Å². The Labute approximate surface area is 137 Å². The number of hydrogen-bond acceptors (Lipinski definition) is 2. The first-order valence-corrected chi connectivity index (χ1v) is 8.40. The lowest BCUT2D eigenvalue weighted by Crippen LogP contribution is -2.33. The molecule has 1 aliphatic heterocycles. The summed E-state index contributed by atoms with van der Waals surface area (Å²) in [6, 6.07) is 7.11. The molecular weight excluding hydrogens is 290 g/mol. The number of carboxylic acid groups (broad SMARTS) is 1. The van der Waals surface area contributed by atoms with Crippen molar-refractivity contribution in [2.45, 2.75) is 51.5 Å². The number of amides is 1. The first-order chi connectivity index (χ1) is 11.1. The van der Waals surface area contributed by atoms with Crippen molar-refractivity contribution in [3.05, 3.63) is 47.5 Å². The van der Waals surface area contributed by atoms with Gasteiger partial charge in [-0.15, -0.1) is 0 Å². The smallest absolute Gasteiger partial charge is 0.335 e. The highest BCUT2D eigenvalue weighted by Gasteiger charge is 2.28. The van der Waals surface area contributed by atoms with Crippen molar-refractivity contribution < 1.29 is 14.7 Å². The van der Waals surface area contributed by atoms with Gasteiger partial charge in [-0.3, -0.25) is 4.79 Å². The van der Waals surface area contributed by atoms with Gasteiger partial charge < -0.3 is 10.0 Å². The molecule has 0 bridgehead atoms. The molecular formula is C19H25NO3. The number of rotatable bonds is 8. The van der Waals surface area contributed by atoms with Crippen LogP contribution in [0.5, 0.6) is 0 Å². The molecule has 1 atom stereocenters. The zero-order valence-corrected chi connectivity index (χ0v) is 13.7. The standard InChI is InChI=1S/C19H25NO3/c1-2-3-4-5-6-17-11-12-18(21)20(17)14-13-15-7-9-16(10-8-15)19(22)23/h5-10,17H,2-4,11-14H2,1H3,(H,22,23)/b6-5+/t17-/m0/s1. The third-order valence-corrected chi connectivity index (χ3v) is 4.30. The monoisotopic (exact) mass is 315 g/mol. The predicted octanol–water partition coefficient (Wildman–Crippen LogP) is 3.66. The molecule has 23 heavy (non-hydrogen) atoms. The van der Waals surface area contributed by atoms with E-state index in [1.54, 1.807) is 12.1 Å². The highest BCUT2D eigenvalue weighted by atomic mass is 16.4. The molecule has 1 fully saturated rings. The Morgan fingerprint density at radius 3 is 2.74 bits per heavy atom. The number of likely N-dealkylation sites (tertiary alicyclic amines) is 1. The SMILES string of the molecule is CCCC/C=C/[C@H]1CCC(=O)N1CCc1ccc(C(=O)O)cc1. The Hall–Kier alpha value is -2.10. The van der Waals surface area contributed by atoms with Crippen molar-refractivity contribution in [2.75, 3.05) is 6.54 Å². The van der Waals surface area contributed by atoms with Crippen LogP contribution in [0.25, 0.3) is 0 Å². The number of carboxylic acids is 1. The number of hydrogen-bond donors (Lipinski definition) is 1. The van der Waals surface area contributed by atoms with Crippen LogP contribution in [0.3, 0.4) is 0 Å². The average Bonchev–Trinajstić information content (AvgIpc) is 2.90. The molecule has 1 aromatic rings. The lowest BCUT2D eigenvalue weighted by atomic mass is 10.1. The second-order valence-electron chi connectivity index (χ2n) is 6.02. The highest BCUT2D eigenvalue weighted by molar-refractivity contribution is 5.87. The van der Waals surface area contributed by atoms with Crippen molar-refractivity contribution in [1.29, 1.82) is 0 Å². The van der Waals surface area contributed by atoms with E-state index in [-0.39, 0.29) is 11.9 Å². The quantitative estimate of drug-likeness (QED) is 0.588. The number of allylic oxidation sites excluding steroid dienone is 1. The molecule has 0 saturated carbocycles. The molecule has 2 rings (SSSR count). The van der Waals surface area contributed by atoms with E-state index in [1.165, 1.54) is 12.8 Å². The third-order valence-electron chi connectivity index (χ3n) is 4.30. The summed E-state index contributed by atoms with van der Waals surface area (Å²) in [7, 11) is 0. The first-order valence-electron chi connectivity index (χ1n) is 8.40. The number of carbonyl (C=O) groups is 2. The highest BCUT2D eigenvalue weighted by Crippen LogP contribution is 2.21. The lowest BCUT2D eigenvalue weighted by molar-refractivity contribution is -0.128. The van der Waals surface area contributed by atoms with Gasteiger partial charge in [0.1, 0.15) is 0 Å². The molecule has 0 aliphatic carbocycles. The molecule has 124 valence electrons. The molecule has 1 aliphatic rings. The normalized spacial score (nSPS) is 18.0. The molecule has 1 N–H and O–H groups in total. The fourth-order valence-corrected chi connectivity index (χ4v) is 2.89. The largest absolute Gasteiger partial charge is 0.478 e. The summed E-state index contributed by atoms with van der Waals surface area (Å²) in [6.45, 7) is 2.86. The zero-order valence-electron chi connectivity index (χ0n) is 13.7. The van der Waals surface area contributed by atoms with Crippen molar-refractivity contribution in [1.82, 2.24) is 4.90 Å². The minimum atomic E-state index is -0.913. The number of nitrogens with zero attached hydrogens (tertiary/aromatic N) is 1. The van der Waals surface area contributed by atoms with E-state index in [4.69, 9.17) is 5.11 Å². The number of unbranched alkanes of at least 4 members (excludes halogenated alkanes) is 2. The summed E-state index contributed by atoms with van der Waals surface area (Å²) in [4.78, 5) is 24.9. The Morgan fingerprint density at radius 1 is 1.35 bits per heavy atom. The summed E-state index contributed by atoms with van der Waals surface area (Å²) < 4.78 is 0. The van der Waals surface area contributed by atoms with E-state index in [9.17, 15) is 9.59 Å². The minimum Gasteiger partial charge on any atom is -0.478 e. The molecule has 1 saturated heterocycles. The average molecular weight is 315 g/mol. The van der Waals surface area contributed by atoms with Crippen LogP contribution in [0.4, 0.5) is 0 Å². The molecule has 0 unspecified atom stereocenters. The van der Waals surface area contributed by atoms with Crippen LogP contribution in [0.2, 0.25) is 0 Å². The minimum absolute atomic E-state index is 0.220. The van der Waals surface area contributed by atoms with E-state index in [0.717, 1.165) is 24.8 Å². The molecule has 4 heteroatoms. The molecule has 1 heterocycles. The van der Waals surface area contributed by atoms with Crippen LogP contribution in [-0.4, -0.2) is 34.5 Å². The molecule has 1 amide bonds. The number of benzene rings is 1. The van der Waals surface area contributed by atoms with Gasteiger partial charge in [-0.25, -0.2) is 4.79 Å². The van der Waals surface area contributed by atoms with Crippen LogP contribution in [0.1, 0.15) is 54.9 Å². The maximum Gasteiger partial charge on any atom is 0.335 e. The fraction of sp³-hybridized carbons (Fsp3) is 0.474. The van der Waals surface area contributed by atoms with Crippen molar-refractivity contribution in [3.63, 3.8) is 0 Å². The van der Waals surface area contributed by atoms with E-state index in [0.29, 0.717) is 18.5 Å². The Balaban J connectivity index is 1.90. The maximum absolute atomic E-state index is 12.1. The number of carbonyl (C=O) groups excluding carboxylic acids is 1. The topological polar surface area (TPSA) is 57.6 Å². The van der Waals surface area contributed by atoms with E-state index >= 15 is 0 Å². The molecule has 4 nitrogen and oxygen atoms in total. The third kappa shape index (κ3) is 4.95. The van der Waals surface area contributed by atoms with Crippen LogP contribution in [-0.2, 0) is 11.2 Å². The number of aromatic carboxylic acids is 1. The summed E-state index contributed by atoms with van der Waals surface area (Å²) in [5.41, 5.74) is 1.35. The van der Waals surface area contributed by atoms with Gasteiger partial charge in [0.25, 0.3) is 0 Å². The summed E-state index contributed by atoms with van der Waals surface area (Å²) in [5, 5.41) is 8.91. The second-order valence-corrected chi connectivity index (χ2v) is 6.02. The van der Waals surface area contributed by atoms with Gasteiger partial charge in [-0.2, -0.15) is 0 Å². The van der Waals surface area contributed by atoms with Gasteiger partial charge >= 0.3 is 5.97 Å².